The molecule has 4 aromatic heterocycles. The average molecular weight is 1090 g/mol. The fourth-order valence-corrected chi connectivity index (χ4v) is 12.9. The van der Waals surface area contributed by atoms with E-state index in [9.17, 15) is 0 Å². The molecule has 4 heterocycles. The Morgan fingerprint density at radius 1 is 0.734 bits per heavy atom. The quantitative estimate of drug-likeness (QED) is 0.107. The molecular weight excluding hydrogens is 1040 g/mol. The number of hydrogen-bond acceptors (Lipinski definition) is 5. The van der Waals surface area contributed by atoms with Crippen molar-refractivity contribution in [3.05, 3.63) is 162 Å². The van der Waals surface area contributed by atoms with Crippen molar-refractivity contribution in [3.8, 4) is 45.5 Å². The first kappa shape index (κ1) is 46.8. The Kier molecular flexibility index (Phi) is 14.2. The predicted molar refractivity (Wildman–Crippen MR) is 269 cm³/mol. The number of rotatable bonds is 9. The number of para-hydroxylation sites is 2. The maximum Gasteiger partial charge on any atom is 0.114 e. The predicted octanol–water partition coefficient (Wildman–Crippen LogP) is 14.6. The number of pyridine rings is 2. The van der Waals surface area contributed by atoms with Crippen molar-refractivity contribution in [2.24, 2.45) is 5.92 Å². The first-order valence-electron chi connectivity index (χ1n) is 22.0. The Morgan fingerprint density at radius 2 is 1.42 bits per heavy atom. The standard InChI is InChI=1S/C37H32N3S.C19H23GeN2.Ir/c1-22(2)29-20-27(25-11-7-6-8-12-25)21-30(23(3)4)35(29)40-33-14-10-9-13-32(33)39-36(40)26-16-18-34-31(19-26)28-17-15-24(5)38-37(28)41-34;1-14(2)10-17-11-19(22-13-18(17)20(3,4)5)16-8-6-15(12-21)7-9-16;/h6-15,17-23H,1-5H3;6-8,11,13-14H,10H2,1-5H3;/q2*-1;. The molecule has 0 N–H and O–H groups in total. The molecule has 5 nitrogen and oxygen atoms in total. The summed E-state index contributed by atoms with van der Waals surface area (Å²) in [6.07, 6.45) is 3.17. The zero-order valence-corrected chi connectivity index (χ0v) is 43.8. The molecule has 325 valence electrons. The van der Waals surface area contributed by atoms with Crippen LogP contribution >= 0.6 is 11.3 Å². The number of fused-ring (bicyclic) bond motifs is 4. The molecule has 8 heteroatoms. The van der Waals surface area contributed by atoms with Crippen LogP contribution in [0.2, 0.25) is 17.3 Å². The van der Waals surface area contributed by atoms with Crippen LogP contribution < -0.4 is 4.40 Å². The largest absolute Gasteiger partial charge is 0.333 e. The summed E-state index contributed by atoms with van der Waals surface area (Å²) in [5.74, 6) is 9.42. The van der Waals surface area contributed by atoms with Gasteiger partial charge in [0.25, 0.3) is 0 Å². The summed E-state index contributed by atoms with van der Waals surface area (Å²) in [6.45, 7) is 15.7. The topological polar surface area (TPSA) is 67.4 Å². The maximum atomic E-state index is 8.89. The van der Waals surface area contributed by atoms with Gasteiger partial charge in [0.05, 0.1) is 16.9 Å². The van der Waals surface area contributed by atoms with Crippen LogP contribution in [0.1, 0.15) is 81.3 Å². The number of benzene rings is 5. The van der Waals surface area contributed by atoms with Crippen molar-refractivity contribution in [2.45, 2.75) is 84.0 Å². The van der Waals surface area contributed by atoms with E-state index in [1.54, 1.807) is 17.4 Å². The zero-order chi connectivity index (χ0) is 44.6. The minimum absolute atomic E-state index is 0. The van der Waals surface area contributed by atoms with E-state index in [-0.39, 0.29) is 20.1 Å². The Bertz CT molecular complexity index is 3100. The molecule has 0 aliphatic carbocycles. The van der Waals surface area contributed by atoms with Gasteiger partial charge in [-0.05, 0) is 81.4 Å². The van der Waals surface area contributed by atoms with Crippen LogP contribution in [0.25, 0.3) is 70.8 Å². The SMILES string of the molecule is CC(C)Cc1cc(-c2[c-]cc(C#N)cc2)nc[c]1[Ge]([CH3])([CH3])[CH3].Cc1ccc2c(n1)sc1c[c-]c(-c3nc4ccccc4n3-c3c(C(C)C)cc(-c4ccccc4)cc3C(C)C)cc12.[Ir]. The van der Waals surface area contributed by atoms with Gasteiger partial charge >= 0.3 is 136 Å². The molecule has 1 radical (unpaired) electrons. The third kappa shape index (κ3) is 9.72. The Morgan fingerprint density at radius 3 is 2.06 bits per heavy atom. The smallest absolute Gasteiger partial charge is 0.114 e. The molecule has 0 aliphatic heterocycles. The molecular formula is C56H55GeIrN5S-2. The maximum absolute atomic E-state index is 8.89. The average Bonchev–Trinajstić information content (AvgIpc) is 3.83. The zero-order valence-electron chi connectivity index (χ0n) is 38.5. The Balaban J connectivity index is 0.000000227. The van der Waals surface area contributed by atoms with Gasteiger partial charge in [0, 0.05) is 31.5 Å². The third-order valence-electron chi connectivity index (χ3n) is 11.6. The van der Waals surface area contributed by atoms with Gasteiger partial charge in [-0.25, -0.2) is 4.98 Å². The van der Waals surface area contributed by atoms with E-state index in [1.807, 2.05) is 19.1 Å². The van der Waals surface area contributed by atoms with E-state index in [0.29, 0.717) is 23.3 Å². The molecule has 0 amide bonds. The van der Waals surface area contributed by atoms with E-state index < -0.39 is 13.3 Å². The summed E-state index contributed by atoms with van der Waals surface area (Å²) >= 11 is -0.191. The van der Waals surface area contributed by atoms with E-state index in [4.69, 9.17) is 15.2 Å². The molecule has 0 unspecified atom stereocenters. The molecule has 9 rings (SSSR count). The second-order valence-corrected chi connectivity index (χ2v) is 30.2. The fraction of sp³-hybridized carbons (Fsp3) is 0.250. The molecule has 0 bridgehead atoms. The first-order valence-corrected chi connectivity index (χ1v) is 30.2. The van der Waals surface area contributed by atoms with Crippen molar-refractivity contribution >= 4 is 60.3 Å². The number of nitriles is 1. The second-order valence-electron chi connectivity index (χ2n) is 18.6. The fourth-order valence-electron chi connectivity index (χ4n) is 8.45. The van der Waals surface area contributed by atoms with Gasteiger partial charge < -0.3 is 4.57 Å². The van der Waals surface area contributed by atoms with Crippen LogP contribution in [0.3, 0.4) is 0 Å². The minimum Gasteiger partial charge on any atom is -0.333 e. The molecule has 0 atom stereocenters. The van der Waals surface area contributed by atoms with Gasteiger partial charge in [-0.1, -0.05) is 81.6 Å². The molecule has 0 aliphatic rings. The van der Waals surface area contributed by atoms with Crippen molar-refractivity contribution in [2.75, 3.05) is 0 Å². The number of nitrogens with zero attached hydrogens (tertiary/aromatic N) is 5. The van der Waals surface area contributed by atoms with E-state index >= 15 is 0 Å². The molecule has 5 aromatic carbocycles. The molecule has 0 saturated heterocycles. The molecule has 0 saturated carbocycles. The summed E-state index contributed by atoms with van der Waals surface area (Å²) in [7, 11) is 0. The van der Waals surface area contributed by atoms with E-state index in [1.165, 1.54) is 53.4 Å². The van der Waals surface area contributed by atoms with Crippen molar-refractivity contribution in [3.63, 3.8) is 0 Å². The second kappa shape index (κ2) is 19.5. The monoisotopic (exact) mass is 1100 g/mol. The number of aromatic nitrogens is 4. The van der Waals surface area contributed by atoms with Gasteiger partial charge in [-0.2, -0.15) is 11.3 Å². The Hall–Kier alpha value is -5.23. The summed E-state index contributed by atoms with van der Waals surface area (Å²) in [5.41, 5.74) is 14.5. The van der Waals surface area contributed by atoms with Gasteiger partial charge in [0.2, 0.25) is 0 Å². The van der Waals surface area contributed by atoms with Crippen molar-refractivity contribution in [1.29, 1.82) is 5.26 Å². The molecule has 64 heavy (non-hydrogen) atoms. The summed E-state index contributed by atoms with van der Waals surface area (Å²) in [4.78, 5) is 15.8. The number of hydrogen-bond donors (Lipinski definition) is 0. The molecule has 9 aromatic rings. The number of thiophene rings is 1. The minimum atomic E-state index is -1.92. The number of imidazole rings is 1. The van der Waals surface area contributed by atoms with Crippen LogP contribution in [0.5, 0.6) is 0 Å². The first-order chi connectivity index (χ1) is 30.2. The number of aryl methyl sites for hydroxylation is 1. The Labute approximate surface area is 399 Å². The van der Waals surface area contributed by atoms with E-state index in [2.05, 4.69) is 190 Å². The summed E-state index contributed by atoms with van der Waals surface area (Å²) in [6, 6.07) is 49.2. The van der Waals surface area contributed by atoms with Crippen molar-refractivity contribution < 1.29 is 20.1 Å². The third-order valence-corrected chi connectivity index (χ3v) is 17.0. The van der Waals surface area contributed by atoms with Crippen LogP contribution in [-0.4, -0.2) is 32.8 Å². The van der Waals surface area contributed by atoms with Gasteiger partial charge in [0.15, 0.2) is 0 Å². The summed E-state index contributed by atoms with van der Waals surface area (Å²) in [5, 5.41) is 11.3. The van der Waals surface area contributed by atoms with Gasteiger partial charge in [-0.3, -0.25) is 4.98 Å². The van der Waals surface area contributed by atoms with Crippen LogP contribution in [0.4, 0.5) is 0 Å². The van der Waals surface area contributed by atoms with Crippen molar-refractivity contribution in [1.82, 2.24) is 19.5 Å². The van der Waals surface area contributed by atoms with Gasteiger partial charge in [0.1, 0.15) is 4.83 Å². The molecule has 0 fully saturated rings. The van der Waals surface area contributed by atoms with Crippen LogP contribution in [0, 0.1) is 36.3 Å². The normalized spacial score (nSPS) is 11.6. The molecule has 0 spiro atoms. The van der Waals surface area contributed by atoms with Crippen LogP contribution in [0.15, 0.2) is 121 Å². The van der Waals surface area contributed by atoms with Gasteiger partial charge in [-0.15, -0.1) is 23.8 Å². The van der Waals surface area contributed by atoms with Crippen LogP contribution in [-0.2, 0) is 26.5 Å². The summed E-state index contributed by atoms with van der Waals surface area (Å²) < 4.78 is 5.08. The van der Waals surface area contributed by atoms with E-state index in [0.717, 1.165) is 50.6 Å².